The zero-order valence-corrected chi connectivity index (χ0v) is 16.2. The fourth-order valence-electron chi connectivity index (χ4n) is 2.79. The summed E-state index contributed by atoms with van der Waals surface area (Å²) < 4.78 is 18.4. The summed E-state index contributed by atoms with van der Waals surface area (Å²) in [5, 5.41) is 3.29. The summed E-state index contributed by atoms with van der Waals surface area (Å²) in [7, 11) is 0. The Balaban J connectivity index is 1.54. The van der Waals surface area contributed by atoms with Gasteiger partial charge in [-0.25, -0.2) is 9.37 Å². The van der Waals surface area contributed by atoms with Gasteiger partial charge in [-0.05, 0) is 29.8 Å². The lowest BCUT2D eigenvalue weighted by Crippen LogP contribution is -2.20. The molecular formula is C23H17FN2O2S. The van der Waals surface area contributed by atoms with Crippen LogP contribution in [0.25, 0.3) is 21.7 Å². The number of benzene rings is 3. The molecule has 0 fully saturated rings. The Morgan fingerprint density at radius 3 is 2.17 bits per heavy atom. The summed E-state index contributed by atoms with van der Waals surface area (Å²) in [6, 6.07) is 25.3. The predicted octanol–water partition coefficient (Wildman–Crippen LogP) is 5.63. The highest BCUT2D eigenvalue weighted by Crippen LogP contribution is 2.38. The van der Waals surface area contributed by atoms with E-state index in [9.17, 15) is 9.18 Å². The van der Waals surface area contributed by atoms with E-state index in [1.54, 1.807) is 0 Å². The van der Waals surface area contributed by atoms with Crippen molar-refractivity contribution < 1.29 is 13.9 Å². The Hall–Kier alpha value is -3.51. The highest BCUT2D eigenvalue weighted by atomic mass is 32.1. The minimum absolute atomic E-state index is 0.188. The largest absolute Gasteiger partial charge is 0.484 e. The van der Waals surface area contributed by atoms with Crippen molar-refractivity contribution in [2.45, 2.75) is 0 Å². The fourth-order valence-corrected chi connectivity index (χ4v) is 3.79. The number of carbonyl (C=O) groups is 1. The SMILES string of the molecule is O=C(COc1ccc(F)cc1)Nc1nc(-c2ccccc2)c(-c2ccccc2)s1. The summed E-state index contributed by atoms with van der Waals surface area (Å²) in [5.41, 5.74) is 2.83. The van der Waals surface area contributed by atoms with E-state index in [0.717, 1.165) is 21.7 Å². The third kappa shape index (κ3) is 4.67. The van der Waals surface area contributed by atoms with Crippen LogP contribution < -0.4 is 10.1 Å². The molecule has 1 amide bonds. The van der Waals surface area contributed by atoms with Gasteiger partial charge in [-0.15, -0.1) is 0 Å². The van der Waals surface area contributed by atoms with Crippen LogP contribution in [0.4, 0.5) is 9.52 Å². The molecule has 4 nitrogen and oxygen atoms in total. The normalized spacial score (nSPS) is 10.5. The molecule has 0 saturated carbocycles. The lowest BCUT2D eigenvalue weighted by Gasteiger charge is -2.05. The molecule has 3 aromatic carbocycles. The van der Waals surface area contributed by atoms with Gasteiger partial charge in [-0.1, -0.05) is 72.0 Å². The number of amides is 1. The van der Waals surface area contributed by atoms with Crippen LogP contribution in [0.2, 0.25) is 0 Å². The van der Waals surface area contributed by atoms with Crippen molar-refractivity contribution in [3.05, 3.63) is 90.7 Å². The number of halogens is 1. The van der Waals surface area contributed by atoms with E-state index in [1.807, 2.05) is 60.7 Å². The van der Waals surface area contributed by atoms with Crippen LogP contribution in [0, 0.1) is 5.82 Å². The minimum Gasteiger partial charge on any atom is -0.484 e. The van der Waals surface area contributed by atoms with Crippen molar-refractivity contribution in [2.24, 2.45) is 0 Å². The number of aromatic nitrogens is 1. The molecule has 4 aromatic rings. The number of hydrogen-bond acceptors (Lipinski definition) is 4. The third-order valence-electron chi connectivity index (χ3n) is 4.14. The molecule has 0 aliphatic heterocycles. The van der Waals surface area contributed by atoms with Gasteiger partial charge in [-0.3, -0.25) is 10.1 Å². The summed E-state index contributed by atoms with van der Waals surface area (Å²) in [6.45, 7) is -0.188. The standard InChI is InChI=1S/C23H17FN2O2S/c24-18-11-13-19(14-12-18)28-15-20(27)25-23-26-21(16-7-3-1-4-8-16)22(29-23)17-9-5-2-6-10-17/h1-14H,15H2,(H,25,26,27). The maximum atomic E-state index is 13.0. The minimum atomic E-state index is -0.355. The number of anilines is 1. The number of nitrogens with zero attached hydrogens (tertiary/aromatic N) is 1. The molecule has 0 radical (unpaired) electrons. The number of nitrogens with one attached hydrogen (secondary N) is 1. The number of rotatable bonds is 6. The molecule has 0 aliphatic carbocycles. The van der Waals surface area contributed by atoms with Crippen LogP contribution in [0.15, 0.2) is 84.9 Å². The topological polar surface area (TPSA) is 51.2 Å². The van der Waals surface area contributed by atoms with Gasteiger partial charge in [0.1, 0.15) is 11.6 Å². The quantitative estimate of drug-likeness (QED) is 0.453. The van der Waals surface area contributed by atoms with Gasteiger partial charge in [0.25, 0.3) is 5.91 Å². The van der Waals surface area contributed by atoms with Crippen molar-refractivity contribution in [1.82, 2.24) is 4.98 Å². The number of hydrogen-bond donors (Lipinski definition) is 1. The molecule has 6 heteroatoms. The van der Waals surface area contributed by atoms with Gasteiger partial charge in [0.2, 0.25) is 0 Å². The Morgan fingerprint density at radius 2 is 1.52 bits per heavy atom. The first-order valence-corrected chi connectivity index (χ1v) is 9.80. The molecule has 144 valence electrons. The van der Waals surface area contributed by atoms with Gasteiger partial charge in [0.15, 0.2) is 11.7 Å². The smallest absolute Gasteiger partial charge is 0.264 e. The summed E-state index contributed by atoms with van der Waals surface area (Å²) >= 11 is 1.41. The monoisotopic (exact) mass is 404 g/mol. The molecule has 1 aromatic heterocycles. The van der Waals surface area contributed by atoms with E-state index >= 15 is 0 Å². The molecule has 0 spiro atoms. The fraction of sp³-hybridized carbons (Fsp3) is 0.0435. The molecule has 0 atom stereocenters. The summed E-state index contributed by atoms with van der Waals surface area (Å²) in [5.74, 6) is -0.260. The zero-order chi connectivity index (χ0) is 20.1. The Kier molecular flexibility index (Phi) is 5.63. The van der Waals surface area contributed by atoms with Crippen LogP contribution in [-0.2, 0) is 4.79 Å². The van der Waals surface area contributed by atoms with Crippen LogP contribution in [0.1, 0.15) is 0 Å². The summed E-state index contributed by atoms with van der Waals surface area (Å²) in [4.78, 5) is 17.9. The highest BCUT2D eigenvalue weighted by Gasteiger charge is 2.16. The molecule has 1 N–H and O–H groups in total. The Morgan fingerprint density at radius 1 is 0.897 bits per heavy atom. The van der Waals surface area contributed by atoms with Crippen molar-refractivity contribution in [1.29, 1.82) is 0 Å². The maximum Gasteiger partial charge on any atom is 0.264 e. The van der Waals surface area contributed by atoms with Gasteiger partial charge in [-0.2, -0.15) is 0 Å². The Labute approximate surface area is 171 Å². The average molecular weight is 404 g/mol. The molecule has 0 saturated heterocycles. The second kappa shape index (κ2) is 8.67. The maximum absolute atomic E-state index is 13.0. The second-order valence-electron chi connectivity index (χ2n) is 6.22. The van der Waals surface area contributed by atoms with E-state index in [4.69, 9.17) is 4.74 Å². The first kappa shape index (κ1) is 18.8. The second-order valence-corrected chi connectivity index (χ2v) is 7.22. The number of thiazole rings is 1. The van der Waals surface area contributed by atoms with Gasteiger partial charge >= 0.3 is 0 Å². The molecule has 0 unspecified atom stereocenters. The van der Waals surface area contributed by atoms with Gasteiger partial charge in [0.05, 0.1) is 10.6 Å². The summed E-state index contributed by atoms with van der Waals surface area (Å²) in [6.07, 6.45) is 0. The van der Waals surface area contributed by atoms with Crippen LogP contribution in [0.5, 0.6) is 5.75 Å². The van der Waals surface area contributed by atoms with E-state index in [2.05, 4.69) is 10.3 Å². The first-order valence-electron chi connectivity index (χ1n) is 8.99. The van der Waals surface area contributed by atoms with Crippen molar-refractivity contribution in [2.75, 3.05) is 11.9 Å². The van der Waals surface area contributed by atoms with Crippen LogP contribution >= 0.6 is 11.3 Å². The number of carbonyl (C=O) groups excluding carboxylic acids is 1. The van der Waals surface area contributed by atoms with E-state index < -0.39 is 0 Å². The average Bonchev–Trinajstić information content (AvgIpc) is 3.18. The van der Waals surface area contributed by atoms with E-state index in [-0.39, 0.29) is 18.3 Å². The van der Waals surface area contributed by atoms with Gasteiger partial charge in [0, 0.05) is 5.56 Å². The lowest BCUT2D eigenvalue weighted by molar-refractivity contribution is -0.118. The van der Waals surface area contributed by atoms with E-state index in [1.165, 1.54) is 35.6 Å². The zero-order valence-electron chi connectivity index (χ0n) is 15.3. The van der Waals surface area contributed by atoms with Crippen molar-refractivity contribution >= 4 is 22.4 Å². The third-order valence-corrected chi connectivity index (χ3v) is 5.16. The lowest BCUT2D eigenvalue weighted by atomic mass is 10.1. The van der Waals surface area contributed by atoms with Crippen molar-refractivity contribution in [3.8, 4) is 27.4 Å². The predicted molar refractivity (Wildman–Crippen MR) is 114 cm³/mol. The molecule has 1 heterocycles. The molecule has 0 aliphatic rings. The molecular weight excluding hydrogens is 387 g/mol. The van der Waals surface area contributed by atoms with Crippen LogP contribution in [-0.4, -0.2) is 17.5 Å². The van der Waals surface area contributed by atoms with E-state index in [0.29, 0.717) is 10.9 Å². The number of ether oxygens (including phenoxy) is 1. The molecule has 4 rings (SSSR count). The molecule has 29 heavy (non-hydrogen) atoms. The first-order chi connectivity index (χ1) is 14.2. The Bertz CT molecular complexity index is 1040. The molecule has 0 bridgehead atoms. The highest BCUT2D eigenvalue weighted by molar-refractivity contribution is 7.19. The van der Waals surface area contributed by atoms with Gasteiger partial charge < -0.3 is 4.74 Å². The van der Waals surface area contributed by atoms with Crippen LogP contribution in [0.3, 0.4) is 0 Å². The van der Waals surface area contributed by atoms with Crippen molar-refractivity contribution in [3.63, 3.8) is 0 Å².